The zero-order valence-corrected chi connectivity index (χ0v) is 6.31. The van der Waals surface area contributed by atoms with E-state index in [4.69, 9.17) is 0 Å². The van der Waals surface area contributed by atoms with Crippen LogP contribution in [0, 0.1) is 0 Å². The summed E-state index contributed by atoms with van der Waals surface area (Å²) in [6.45, 7) is 7.85. The molecule has 0 bridgehead atoms. The number of nitrogens with one attached hydrogen (secondary N) is 1. The molecule has 0 fully saturated rings. The second-order valence-corrected chi connectivity index (χ2v) is 2.21. The molecule has 52 valence electrons. The van der Waals surface area contributed by atoms with Crippen molar-refractivity contribution in [3.05, 3.63) is 12.3 Å². The quantitative estimate of drug-likeness (QED) is 0.564. The van der Waals surface area contributed by atoms with Crippen LogP contribution in [0.5, 0.6) is 0 Å². The van der Waals surface area contributed by atoms with E-state index >= 15 is 0 Å². The summed E-state index contributed by atoms with van der Waals surface area (Å²) in [5.74, 6) is 0. The summed E-state index contributed by atoms with van der Waals surface area (Å²) in [6.07, 6.45) is 1.71. The Bertz CT molecular complexity index is 114. The van der Waals surface area contributed by atoms with Gasteiger partial charge in [0.2, 0.25) is 0 Å². The normalized spacial score (nSPS) is 10.7. The summed E-state index contributed by atoms with van der Waals surface area (Å²) in [5.41, 5.74) is 0.868. The van der Waals surface area contributed by atoms with Crippen molar-refractivity contribution in [3.8, 4) is 0 Å². The Morgan fingerprint density at radius 2 is 2.22 bits per heavy atom. The number of nitrogens with zero attached hydrogens (tertiary/aromatic N) is 1. The van der Waals surface area contributed by atoms with Gasteiger partial charge >= 0.3 is 0 Å². The molecule has 0 unspecified atom stereocenters. The molecule has 0 spiro atoms. The Morgan fingerprint density at radius 1 is 1.67 bits per heavy atom. The van der Waals surface area contributed by atoms with Gasteiger partial charge in [0.15, 0.2) is 0 Å². The summed E-state index contributed by atoms with van der Waals surface area (Å²) < 4.78 is 0. The van der Waals surface area contributed by atoms with E-state index in [2.05, 4.69) is 30.7 Å². The second kappa shape index (κ2) is 4.13. The van der Waals surface area contributed by atoms with Crippen molar-refractivity contribution in [1.82, 2.24) is 5.32 Å². The standard InChI is InChI=1S/C7H14N2/c1-6(2)9-7(3)5-8-4/h5-6,9H,3H2,1-2,4H3/b8-5-. The third-order valence-corrected chi connectivity index (χ3v) is 0.759. The van der Waals surface area contributed by atoms with Gasteiger partial charge in [0.05, 0.1) is 0 Å². The number of rotatable bonds is 3. The maximum absolute atomic E-state index is 3.80. The lowest BCUT2D eigenvalue weighted by atomic mass is 10.4. The monoisotopic (exact) mass is 126 g/mol. The van der Waals surface area contributed by atoms with Crippen LogP contribution >= 0.6 is 0 Å². The average Bonchev–Trinajstić information content (AvgIpc) is 1.63. The first kappa shape index (κ1) is 8.21. The molecule has 0 aromatic rings. The Kier molecular flexibility index (Phi) is 3.76. The molecular formula is C7H14N2. The minimum Gasteiger partial charge on any atom is -0.382 e. The molecule has 0 amide bonds. The molecule has 0 saturated heterocycles. The van der Waals surface area contributed by atoms with Crippen LogP contribution in [-0.4, -0.2) is 19.3 Å². The van der Waals surface area contributed by atoms with Crippen LogP contribution in [0.15, 0.2) is 17.3 Å². The molecular weight excluding hydrogens is 112 g/mol. The highest BCUT2D eigenvalue weighted by atomic mass is 14.9. The van der Waals surface area contributed by atoms with E-state index in [0.717, 1.165) is 5.70 Å². The Balaban J connectivity index is 3.51. The Labute approximate surface area is 56.7 Å². The number of allylic oxidation sites excluding steroid dienone is 1. The first-order valence-corrected chi connectivity index (χ1v) is 3.04. The van der Waals surface area contributed by atoms with Crippen molar-refractivity contribution in [2.75, 3.05) is 7.05 Å². The van der Waals surface area contributed by atoms with Gasteiger partial charge in [-0.15, -0.1) is 0 Å². The first-order chi connectivity index (χ1) is 4.16. The van der Waals surface area contributed by atoms with E-state index < -0.39 is 0 Å². The molecule has 0 aromatic heterocycles. The molecule has 0 radical (unpaired) electrons. The second-order valence-electron chi connectivity index (χ2n) is 2.21. The summed E-state index contributed by atoms with van der Waals surface area (Å²) in [5, 5.41) is 3.10. The molecule has 1 N–H and O–H groups in total. The lowest BCUT2D eigenvalue weighted by molar-refractivity contribution is 0.691. The predicted molar refractivity (Wildman–Crippen MR) is 41.8 cm³/mol. The fourth-order valence-electron chi connectivity index (χ4n) is 0.564. The van der Waals surface area contributed by atoms with E-state index in [0.29, 0.717) is 6.04 Å². The van der Waals surface area contributed by atoms with Crippen molar-refractivity contribution < 1.29 is 0 Å². The van der Waals surface area contributed by atoms with E-state index in [1.54, 1.807) is 13.3 Å². The van der Waals surface area contributed by atoms with Gasteiger partial charge in [-0.25, -0.2) is 0 Å². The van der Waals surface area contributed by atoms with Gasteiger partial charge in [-0.05, 0) is 13.8 Å². The molecule has 0 aliphatic carbocycles. The van der Waals surface area contributed by atoms with Crippen molar-refractivity contribution >= 4 is 6.21 Å². The summed E-state index contributed by atoms with van der Waals surface area (Å²) >= 11 is 0. The fourth-order valence-corrected chi connectivity index (χ4v) is 0.564. The number of aliphatic imine (C=N–C) groups is 1. The molecule has 0 aromatic carbocycles. The molecule has 2 nitrogen and oxygen atoms in total. The molecule has 0 saturated carbocycles. The van der Waals surface area contributed by atoms with E-state index in [-0.39, 0.29) is 0 Å². The van der Waals surface area contributed by atoms with Crippen molar-refractivity contribution in [1.29, 1.82) is 0 Å². The van der Waals surface area contributed by atoms with Gasteiger partial charge in [0, 0.05) is 25.0 Å². The van der Waals surface area contributed by atoms with Crippen molar-refractivity contribution in [2.45, 2.75) is 19.9 Å². The van der Waals surface area contributed by atoms with Crippen LogP contribution in [-0.2, 0) is 0 Å². The van der Waals surface area contributed by atoms with Gasteiger partial charge < -0.3 is 5.32 Å². The zero-order chi connectivity index (χ0) is 7.28. The summed E-state index contributed by atoms with van der Waals surface area (Å²) in [6, 6.07) is 0.440. The predicted octanol–water partition coefficient (Wildman–Crippen LogP) is 1.20. The molecule has 0 aliphatic heterocycles. The molecule has 0 heterocycles. The zero-order valence-electron chi connectivity index (χ0n) is 6.31. The van der Waals surface area contributed by atoms with Crippen LogP contribution in [0.25, 0.3) is 0 Å². The lowest BCUT2D eigenvalue weighted by Crippen LogP contribution is -2.21. The minimum atomic E-state index is 0.440. The summed E-state index contributed by atoms with van der Waals surface area (Å²) in [4.78, 5) is 3.80. The first-order valence-electron chi connectivity index (χ1n) is 3.04. The van der Waals surface area contributed by atoms with Crippen LogP contribution in [0.1, 0.15) is 13.8 Å². The average molecular weight is 126 g/mol. The Morgan fingerprint density at radius 3 is 2.56 bits per heavy atom. The third-order valence-electron chi connectivity index (χ3n) is 0.759. The van der Waals surface area contributed by atoms with Crippen LogP contribution in [0.3, 0.4) is 0 Å². The van der Waals surface area contributed by atoms with Crippen molar-refractivity contribution in [2.24, 2.45) is 4.99 Å². The smallest absolute Gasteiger partial charge is 0.0450 e. The van der Waals surface area contributed by atoms with E-state index in [9.17, 15) is 0 Å². The van der Waals surface area contributed by atoms with Crippen LogP contribution < -0.4 is 5.32 Å². The fraction of sp³-hybridized carbons (Fsp3) is 0.571. The van der Waals surface area contributed by atoms with Crippen LogP contribution in [0.4, 0.5) is 0 Å². The maximum atomic E-state index is 3.80. The van der Waals surface area contributed by atoms with Crippen molar-refractivity contribution in [3.63, 3.8) is 0 Å². The van der Waals surface area contributed by atoms with Gasteiger partial charge in [0.1, 0.15) is 0 Å². The number of hydrogen-bond acceptors (Lipinski definition) is 2. The van der Waals surface area contributed by atoms with Gasteiger partial charge in [-0.1, -0.05) is 6.58 Å². The highest BCUT2D eigenvalue weighted by molar-refractivity contribution is 5.76. The number of hydrogen-bond donors (Lipinski definition) is 1. The largest absolute Gasteiger partial charge is 0.382 e. The van der Waals surface area contributed by atoms with Gasteiger partial charge in [0.25, 0.3) is 0 Å². The van der Waals surface area contributed by atoms with Crippen LogP contribution in [0.2, 0.25) is 0 Å². The third kappa shape index (κ3) is 5.07. The molecule has 0 aliphatic rings. The topological polar surface area (TPSA) is 24.4 Å². The molecule has 0 rings (SSSR count). The minimum absolute atomic E-state index is 0.440. The molecule has 2 heteroatoms. The Hall–Kier alpha value is -0.790. The maximum Gasteiger partial charge on any atom is 0.0450 e. The molecule has 9 heavy (non-hydrogen) atoms. The van der Waals surface area contributed by atoms with Gasteiger partial charge in [-0.2, -0.15) is 0 Å². The highest BCUT2D eigenvalue weighted by Crippen LogP contribution is 1.82. The summed E-state index contributed by atoms with van der Waals surface area (Å²) in [7, 11) is 1.73. The van der Waals surface area contributed by atoms with E-state index in [1.165, 1.54) is 0 Å². The SMILES string of the molecule is C=C(/C=N\C)NC(C)C. The van der Waals surface area contributed by atoms with E-state index in [1.807, 2.05) is 0 Å². The lowest BCUT2D eigenvalue weighted by Gasteiger charge is -2.07. The molecule has 0 atom stereocenters. The highest BCUT2D eigenvalue weighted by Gasteiger charge is 1.89. The van der Waals surface area contributed by atoms with Gasteiger partial charge in [-0.3, -0.25) is 4.99 Å².